The molecule has 0 saturated carbocycles. The van der Waals surface area contributed by atoms with Gasteiger partial charge in [0.2, 0.25) is 5.96 Å². The van der Waals surface area contributed by atoms with Crippen molar-refractivity contribution in [3.8, 4) is 5.69 Å². The van der Waals surface area contributed by atoms with Gasteiger partial charge in [-0.3, -0.25) is 0 Å². The topological polar surface area (TPSA) is 121 Å². The van der Waals surface area contributed by atoms with Gasteiger partial charge in [0.1, 0.15) is 0 Å². The average Bonchev–Trinajstić information content (AvgIpc) is 3.00. The largest absolute Gasteiger partial charge is 0.435 e. The lowest BCUT2D eigenvalue weighted by Gasteiger charge is -2.16. The van der Waals surface area contributed by atoms with Crippen LogP contribution in [0.25, 0.3) is 5.69 Å². The third kappa shape index (κ3) is 4.33. The molecule has 0 aliphatic heterocycles. The molecular formula is C17H17F6N7. The highest BCUT2D eigenvalue weighted by atomic mass is 19.4. The number of rotatable bonds is 2. The van der Waals surface area contributed by atoms with Gasteiger partial charge in [0, 0.05) is 11.3 Å². The van der Waals surface area contributed by atoms with Gasteiger partial charge in [-0.05, 0) is 43.9 Å². The molecule has 0 radical (unpaired) electrons. The molecule has 30 heavy (non-hydrogen) atoms. The predicted octanol–water partition coefficient (Wildman–Crippen LogP) is 3.01. The zero-order valence-corrected chi connectivity index (χ0v) is 15.3. The lowest BCUT2D eigenvalue weighted by molar-refractivity contribution is -0.142. The Kier molecular flexibility index (Phi) is 5.39. The van der Waals surface area contributed by atoms with Gasteiger partial charge in [0.25, 0.3) is 0 Å². The highest BCUT2D eigenvalue weighted by Gasteiger charge is 2.40. The summed E-state index contributed by atoms with van der Waals surface area (Å²) in [5, 5.41) is 3.67. The molecule has 3 rings (SSSR count). The quantitative estimate of drug-likeness (QED) is 0.383. The zero-order chi connectivity index (χ0) is 22.3. The van der Waals surface area contributed by atoms with E-state index < -0.39 is 35.5 Å². The molecule has 0 atom stereocenters. The molecule has 0 spiro atoms. The Morgan fingerprint density at radius 1 is 0.967 bits per heavy atom. The minimum absolute atomic E-state index is 0.0285. The molecule has 2 aromatic rings. The second-order valence-corrected chi connectivity index (χ2v) is 6.60. The van der Waals surface area contributed by atoms with Crippen LogP contribution in [0.3, 0.4) is 0 Å². The summed E-state index contributed by atoms with van der Waals surface area (Å²) >= 11 is 0. The van der Waals surface area contributed by atoms with Gasteiger partial charge in [-0.1, -0.05) is 0 Å². The first-order chi connectivity index (χ1) is 13.9. The van der Waals surface area contributed by atoms with Gasteiger partial charge in [-0.25, -0.2) is 9.67 Å². The Bertz CT molecular complexity index is 1010. The molecule has 0 fully saturated rings. The van der Waals surface area contributed by atoms with E-state index in [9.17, 15) is 26.3 Å². The number of aliphatic imine (C=N–C) groups is 2. The Morgan fingerprint density at radius 2 is 1.63 bits per heavy atom. The Labute approximate surface area is 166 Å². The van der Waals surface area contributed by atoms with Crippen molar-refractivity contribution in [2.24, 2.45) is 27.2 Å². The molecule has 1 aliphatic rings. The molecule has 0 amide bonds. The molecule has 0 saturated heterocycles. The van der Waals surface area contributed by atoms with E-state index in [0.29, 0.717) is 18.9 Å². The van der Waals surface area contributed by atoms with Crippen LogP contribution in [0.2, 0.25) is 0 Å². The first-order valence-electron chi connectivity index (χ1n) is 8.71. The first kappa shape index (κ1) is 21.5. The number of nitrogens with zero attached hydrogens (tertiary/aromatic N) is 4. The lowest BCUT2D eigenvalue weighted by atomic mass is 9.95. The van der Waals surface area contributed by atoms with Crippen LogP contribution >= 0.6 is 0 Å². The van der Waals surface area contributed by atoms with Crippen molar-refractivity contribution in [1.29, 1.82) is 0 Å². The van der Waals surface area contributed by atoms with E-state index in [-0.39, 0.29) is 35.5 Å². The van der Waals surface area contributed by atoms with Gasteiger partial charge < -0.3 is 17.2 Å². The van der Waals surface area contributed by atoms with Crippen LogP contribution in [0.4, 0.5) is 32.0 Å². The highest BCUT2D eigenvalue weighted by molar-refractivity contribution is 5.94. The fraction of sp³-hybridized carbons (Fsp3) is 0.353. The number of fused-ring (bicyclic) bond motifs is 1. The number of guanidine groups is 2. The van der Waals surface area contributed by atoms with E-state index in [0.717, 1.165) is 16.8 Å². The second kappa shape index (κ2) is 7.54. The predicted molar refractivity (Wildman–Crippen MR) is 97.3 cm³/mol. The molecular weight excluding hydrogens is 416 g/mol. The van der Waals surface area contributed by atoms with Crippen molar-refractivity contribution in [2.45, 2.75) is 38.0 Å². The van der Waals surface area contributed by atoms with Crippen molar-refractivity contribution in [3.63, 3.8) is 0 Å². The van der Waals surface area contributed by atoms with Crippen molar-refractivity contribution in [2.75, 3.05) is 0 Å². The fourth-order valence-electron chi connectivity index (χ4n) is 3.28. The lowest BCUT2D eigenvalue weighted by Crippen LogP contribution is -2.26. The normalized spacial score (nSPS) is 15.1. The van der Waals surface area contributed by atoms with E-state index >= 15 is 0 Å². The SMILES string of the molecule is NC(N)=NC(N)=Nc1cc(C(F)(F)F)ccc1-n1nc(C(F)(F)F)c2c1CCCC2. The average molecular weight is 433 g/mol. The molecule has 6 N–H and O–H groups in total. The van der Waals surface area contributed by atoms with Crippen molar-refractivity contribution < 1.29 is 26.3 Å². The number of hydrogen-bond donors (Lipinski definition) is 3. The van der Waals surface area contributed by atoms with Crippen molar-refractivity contribution in [1.82, 2.24) is 9.78 Å². The van der Waals surface area contributed by atoms with Crippen LogP contribution in [0, 0.1) is 0 Å². The van der Waals surface area contributed by atoms with Crippen LogP contribution in [0.1, 0.15) is 35.4 Å². The molecule has 162 valence electrons. The van der Waals surface area contributed by atoms with Gasteiger partial charge >= 0.3 is 12.4 Å². The molecule has 1 heterocycles. The zero-order valence-electron chi connectivity index (χ0n) is 15.3. The Hall–Kier alpha value is -3.25. The summed E-state index contributed by atoms with van der Waals surface area (Å²) in [6, 6.07) is 2.37. The van der Waals surface area contributed by atoms with Gasteiger partial charge in [0.15, 0.2) is 11.7 Å². The maximum atomic E-state index is 13.5. The number of benzene rings is 1. The Morgan fingerprint density at radius 3 is 2.23 bits per heavy atom. The maximum absolute atomic E-state index is 13.5. The number of aromatic nitrogens is 2. The smallest absolute Gasteiger partial charge is 0.370 e. The molecule has 1 aromatic carbocycles. The van der Waals surface area contributed by atoms with Crippen LogP contribution in [0.15, 0.2) is 28.2 Å². The highest BCUT2D eigenvalue weighted by Crippen LogP contribution is 2.39. The fourth-order valence-corrected chi connectivity index (χ4v) is 3.28. The van der Waals surface area contributed by atoms with E-state index in [4.69, 9.17) is 17.2 Å². The van der Waals surface area contributed by atoms with E-state index in [1.165, 1.54) is 0 Å². The Balaban J connectivity index is 2.26. The number of hydrogen-bond acceptors (Lipinski definition) is 2. The van der Waals surface area contributed by atoms with E-state index in [1.54, 1.807) is 0 Å². The molecule has 13 heteroatoms. The van der Waals surface area contributed by atoms with Gasteiger partial charge in [-0.2, -0.15) is 36.4 Å². The van der Waals surface area contributed by atoms with Crippen LogP contribution < -0.4 is 17.2 Å². The molecule has 7 nitrogen and oxygen atoms in total. The monoisotopic (exact) mass is 433 g/mol. The van der Waals surface area contributed by atoms with Crippen molar-refractivity contribution in [3.05, 3.63) is 40.7 Å². The summed E-state index contributed by atoms with van der Waals surface area (Å²) in [4.78, 5) is 7.22. The second-order valence-electron chi connectivity index (χ2n) is 6.60. The minimum Gasteiger partial charge on any atom is -0.370 e. The van der Waals surface area contributed by atoms with E-state index in [1.807, 2.05) is 0 Å². The molecule has 1 aromatic heterocycles. The minimum atomic E-state index is -4.71. The molecule has 0 bridgehead atoms. The summed E-state index contributed by atoms with van der Waals surface area (Å²) in [7, 11) is 0. The van der Waals surface area contributed by atoms with Crippen molar-refractivity contribution >= 4 is 17.6 Å². The standard InChI is InChI=1S/C17H17F6N7/c18-16(19,20)8-5-6-12(10(7-8)27-15(26)28-14(24)25)30-11-4-2-1-3-9(11)13(29-30)17(21,22)23/h5-7H,1-4H2,(H6,24,25,26,27,28). The first-order valence-corrected chi connectivity index (χ1v) is 8.71. The van der Waals surface area contributed by atoms with Crippen LogP contribution in [-0.4, -0.2) is 21.7 Å². The number of halogens is 6. The molecule has 0 unspecified atom stereocenters. The van der Waals surface area contributed by atoms with Gasteiger partial charge in [0.05, 0.1) is 16.9 Å². The number of nitrogens with two attached hydrogens (primary N) is 3. The summed E-state index contributed by atoms with van der Waals surface area (Å²) in [5.41, 5.74) is 13.6. The summed E-state index contributed by atoms with van der Waals surface area (Å²) in [5.74, 6) is -1.05. The summed E-state index contributed by atoms with van der Waals surface area (Å²) in [6.07, 6.45) is -7.80. The third-order valence-electron chi connectivity index (χ3n) is 4.46. The third-order valence-corrected chi connectivity index (χ3v) is 4.46. The van der Waals surface area contributed by atoms with Gasteiger partial charge in [-0.15, -0.1) is 0 Å². The van der Waals surface area contributed by atoms with E-state index in [2.05, 4.69) is 15.1 Å². The molecule has 1 aliphatic carbocycles. The number of alkyl halides is 6. The summed E-state index contributed by atoms with van der Waals surface area (Å²) in [6.45, 7) is 0. The summed E-state index contributed by atoms with van der Waals surface area (Å²) < 4.78 is 80.9. The van der Waals surface area contributed by atoms with Crippen LogP contribution in [-0.2, 0) is 25.2 Å². The maximum Gasteiger partial charge on any atom is 0.435 e. The van der Waals surface area contributed by atoms with Crippen LogP contribution in [0.5, 0.6) is 0 Å².